The van der Waals surface area contributed by atoms with Crippen LogP contribution >= 0.6 is 22.9 Å². The summed E-state index contributed by atoms with van der Waals surface area (Å²) >= 11 is 3.12. The van der Waals surface area contributed by atoms with Gasteiger partial charge >= 0.3 is 0 Å². The SMILES string of the molecule is Cc1nnsc1CN=C(N)NCCc1cccs1. The molecule has 0 aliphatic rings. The summed E-state index contributed by atoms with van der Waals surface area (Å²) in [5, 5.41) is 9.11. The van der Waals surface area contributed by atoms with E-state index in [1.165, 1.54) is 16.4 Å². The van der Waals surface area contributed by atoms with Crippen LogP contribution in [0.5, 0.6) is 0 Å². The van der Waals surface area contributed by atoms with Gasteiger partial charge in [0.1, 0.15) is 0 Å². The van der Waals surface area contributed by atoms with Crippen molar-refractivity contribution in [2.45, 2.75) is 19.9 Å². The lowest BCUT2D eigenvalue weighted by atomic mass is 10.3. The minimum atomic E-state index is 0.472. The molecule has 0 saturated heterocycles. The quantitative estimate of drug-likeness (QED) is 0.644. The molecule has 0 atom stereocenters. The van der Waals surface area contributed by atoms with Crippen LogP contribution in [0.15, 0.2) is 22.5 Å². The number of aryl methyl sites for hydroxylation is 1. The van der Waals surface area contributed by atoms with Gasteiger partial charge in [-0.1, -0.05) is 10.6 Å². The molecule has 2 rings (SSSR count). The Morgan fingerprint density at radius 2 is 2.44 bits per heavy atom. The maximum atomic E-state index is 5.79. The Labute approximate surface area is 114 Å². The molecular weight excluding hydrogens is 266 g/mol. The number of guanidine groups is 1. The largest absolute Gasteiger partial charge is 0.370 e. The Morgan fingerprint density at radius 1 is 1.56 bits per heavy atom. The molecule has 18 heavy (non-hydrogen) atoms. The highest BCUT2D eigenvalue weighted by atomic mass is 32.1. The fraction of sp³-hybridized carbons (Fsp3) is 0.364. The van der Waals surface area contributed by atoms with Crippen molar-refractivity contribution >= 4 is 28.8 Å². The highest BCUT2D eigenvalue weighted by molar-refractivity contribution is 7.09. The number of nitrogens with one attached hydrogen (secondary N) is 1. The molecule has 0 fully saturated rings. The monoisotopic (exact) mass is 281 g/mol. The normalized spacial score (nSPS) is 11.7. The van der Waals surface area contributed by atoms with E-state index in [9.17, 15) is 0 Å². The van der Waals surface area contributed by atoms with Crippen molar-refractivity contribution in [2.24, 2.45) is 10.7 Å². The molecule has 0 unspecified atom stereocenters. The molecule has 0 bridgehead atoms. The average Bonchev–Trinajstić information content (AvgIpc) is 2.98. The first-order valence-electron chi connectivity index (χ1n) is 5.59. The van der Waals surface area contributed by atoms with Crippen LogP contribution in [0.4, 0.5) is 0 Å². The second kappa shape index (κ2) is 6.46. The lowest BCUT2D eigenvalue weighted by Gasteiger charge is -2.03. The lowest BCUT2D eigenvalue weighted by Crippen LogP contribution is -2.33. The molecule has 0 aromatic carbocycles. The van der Waals surface area contributed by atoms with Gasteiger partial charge in [0.15, 0.2) is 5.96 Å². The molecule has 0 spiro atoms. The van der Waals surface area contributed by atoms with E-state index in [2.05, 4.69) is 37.4 Å². The highest BCUT2D eigenvalue weighted by Gasteiger charge is 2.01. The molecule has 2 aromatic rings. The van der Waals surface area contributed by atoms with Crippen LogP contribution in [0.25, 0.3) is 0 Å². The van der Waals surface area contributed by atoms with Gasteiger partial charge in [-0.15, -0.1) is 16.4 Å². The molecule has 5 nitrogen and oxygen atoms in total. The van der Waals surface area contributed by atoms with Crippen LogP contribution in [-0.2, 0) is 13.0 Å². The zero-order valence-electron chi connectivity index (χ0n) is 10.1. The molecule has 3 N–H and O–H groups in total. The average molecular weight is 281 g/mol. The third-order valence-electron chi connectivity index (χ3n) is 2.40. The van der Waals surface area contributed by atoms with E-state index in [0.29, 0.717) is 12.5 Å². The second-order valence-electron chi connectivity index (χ2n) is 3.74. The standard InChI is InChI=1S/C11H15N5S2/c1-8-10(18-16-15-8)7-14-11(12)13-5-4-9-3-2-6-17-9/h2-3,6H,4-5,7H2,1H3,(H3,12,13,14). The van der Waals surface area contributed by atoms with Crippen LogP contribution in [0.1, 0.15) is 15.4 Å². The predicted molar refractivity (Wildman–Crippen MR) is 76.0 cm³/mol. The third kappa shape index (κ3) is 3.78. The number of nitrogens with zero attached hydrogens (tertiary/aromatic N) is 3. The van der Waals surface area contributed by atoms with Crippen molar-refractivity contribution in [1.82, 2.24) is 14.9 Å². The summed E-state index contributed by atoms with van der Waals surface area (Å²) in [5.74, 6) is 0.472. The summed E-state index contributed by atoms with van der Waals surface area (Å²) in [7, 11) is 0. The minimum absolute atomic E-state index is 0.472. The molecule has 0 aliphatic carbocycles. The van der Waals surface area contributed by atoms with E-state index in [-0.39, 0.29) is 0 Å². The van der Waals surface area contributed by atoms with Gasteiger partial charge in [-0.05, 0) is 36.3 Å². The van der Waals surface area contributed by atoms with Gasteiger partial charge in [0, 0.05) is 11.4 Å². The summed E-state index contributed by atoms with van der Waals surface area (Å²) in [5.41, 5.74) is 6.71. The number of aliphatic imine (C=N–C) groups is 1. The van der Waals surface area contributed by atoms with Gasteiger partial charge in [0.2, 0.25) is 0 Å². The zero-order chi connectivity index (χ0) is 12.8. The van der Waals surface area contributed by atoms with Crippen molar-refractivity contribution in [3.05, 3.63) is 33.0 Å². The Hall–Kier alpha value is -1.47. The van der Waals surface area contributed by atoms with Crippen LogP contribution < -0.4 is 11.1 Å². The van der Waals surface area contributed by atoms with Crippen LogP contribution in [0.3, 0.4) is 0 Å². The minimum Gasteiger partial charge on any atom is -0.370 e. The topological polar surface area (TPSA) is 76.2 Å². The first-order valence-corrected chi connectivity index (χ1v) is 7.25. The van der Waals surface area contributed by atoms with Gasteiger partial charge in [-0.25, -0.2) is 4.99 Å². The Morgan fingerprint density at radius 3 is 3.11 bits per heavy atom. The number of thiophene rings is 1. The van der Waals surface area contributed by atoms with Gasteiger partial charge in [-0.3, -0.25) is 0 Å². The molecule has 96 valence electrons. The fourth-order valence-electron chi connectivity index (χ4n) is 1.38. The molecule has 0 amide bonds. The third-order valence-corrected chi connectivity index (χ3v) is 4.14. The van der Waals surface area contributed by atoms with E-state index < -0.39 is 0 Å². The summed E-state index contributed by atoms with van der Waals surface area (Å²) in [4.78, 5) is 6.66. The van der Waals surface area contributed by atoms with E-state index in [0.717, 1.165) is 23.5 Å². The summed E-state index contributed by atoms with van der Waals surface area (Å²) in [6.45, 7) is 3.27. The van der Waals surface area contributed by atoms with Gasteiger partial charge in [0.25, 0.3) is 0 Å². The van der Waals surface area contributed by atoms with Gasteiger partial charge < -0.3 is 11.1 Å². The Bertz CT molecular complexity index is 503. The molecule has 2 aromatic heterocycles. The Kier molecular flexibility index (Phi) is 4.66. The van der Waals surface area contributed by atoms with E-state index in [1.807, 2.05) is 6.92 Å². The summed E-state index contributed by atoms with van der Waals surface area (Å²) < 4.78 is 3.86. The second-order valence-corrected chi connectivity index (χ2v) is 5.61. The number of aromatic nitrogens is 2. The van der Waals surface area contributed by atoms with E-state index in [1.54, 1.807) is 11.3 Å². The van der Waals surface area contributed by atoms with Crippen LogP contribution in [-0.4, -0.2) is 22.1 Å². The smallest absolute Gasteiger partial charge is 0.188 e. The van der Waals surface area contributed by atoms with Gasteiger partial charge in [-0.2, -0.15) is 0 Å². The molecular formula is C11H15N5S2. The summed E-state index contributed by atoms with van der Waals surface area (Å²) in [6.07, 6.45) is 0.967. The fourth-order valence-corrected chi connectivity index (χ4v) is 2.64. The molecule has 2 heterocycles. The molecule has 0 saturated carbocycles. The zero-order valence-corrected chi connectivity index (χ0v) is 11.7. The van der Waals surface area contributed by atoms with Crippen molar-refractivity contribution in [3.63, 3.8) is 0 Å². The maximum Gasteiger partial charge on any atom is 0.188 e. The molecule has 7 heteroatoms. The van der Waals surface area contributed by atoms with Crippen LogP contribution in [0.2, 0.25) is 0 Å². The maximum absolute atomic E-state index is 5.79. The van der Waals surface area contributed by atoms with Crippen molar-refractivity contribution < 1.29 is 0 Å². The molecule has 0 radical (unpaired) electrons. The predicted octanol–water partition coefficient (Wildman–Crippen LogP) is 1.56. The number of hydrogen-bond donors (Lipinski definition) is 2. The van der Waals surface area contributed by atoms with Crippen molar-refractivity contribution in [3.8, 4) is 0 Å². The van der Waals surface area contributed by atoms with Crippen molar-refractivity contribution in [2.75, 3.05) is 6.54 Å². The first-order chi connectivity index (χ1) is 8.75. The van der Waals surface area contributed by atoms with Crippen molar-refractivity contribution in [1.29, 1.82) is 0 Å². The Balaban J connectivity index is 1.74. The lowest BCUT2D eigenvalue weighted by molar-refractivity contribution is 0.857. The summed E-state index contributed by atoms with van der Waals surface area (Å²) in [6, 6.07) is 4.17. The number of hydrogen-bond acceptors (Lipinski definition) is 5. The highest BCUT2D eigenvalue weighted by Crippen LogP contribution is 2.10. The first kappa shape index (κ1) is 13.0. The molecule has 0 aliphatic heterocycles. The van der Waals surface area contributed by atoms with Gasteiger partial charge in [0.05, 0.1) is 17.1 Å². The van der Waals surface area contributed by atoms with E-state index >= 15 is 0 Å². The van der Waals surface area contributed by atoms with E-state index in [4.69, 9.17) is 5.73 Å². The number of rotatable bonds is 5. The number of nitrogens with two attached hydrogens (primary N) is 1. The van der Waals surface area contributed by atoms with Crippen LogP contribution in [0, 0.1) is 6.92 Å².